The van der Waals surface area contributed by atoms with Gasteiger partial charge in [0.2, 0.25) is 11.5 Å². The molecule has 3 atom stereocenters. The van der Waals surface area contributed by atoms with Gasteiger partial charge in [-0.05, 0) is 25.5 Å². The first kappa shape index (κ1) is 25.7. The van der Waals surface area contributed by atoms with Crippen molar-refractivity contribution in [3.63, 3.8) is 0 Å². The maximum Gasteiger partial charge on any atom is 0.339 e. The summed E-state index contributed by atoms with van der Waals surface area (Å²) in [5.74, 6) is -1.85. The summed E-state index contributed by atoms with van der Waals surface area (Å²) >= 11 is 6.59. The van der Waals surface area contributed by atoms with Gasteiger partial charge in [-0.25, -0.2) is 4.79 Å². The number of likely N-dealkylation sites (tertiary alicyclic amines) is 1. The summed E-state index contributed by atoms with van der Waals surface area (Å²) in [4.78, 5) is 57.3. The summed E-state index contributed by atoms with van der Waals surface area (Å²) in [7, 11) is 5.62. The van der Waals surface area contributed by atoms with Crippen molar-refractivity contribution >= 4 is 45.9 Å². The quantitative estimate of drug-likeness (QED) is 0.330. The minimum absolute atomic E-state index is 0.0318. The van der Waals surface area contributed by atoms with Crippen molar-refractivity contribution in [1.29, 1.82) is 0 Å². The number of carbonyl (C=O) groups excluding carboxylic acids is 4. The van der Waals surface area contributed by atoms with Gasteiger partial charge in [-0.15, -0.1) is 11.6 Å². The van der Waals surface area contributed by atoms with Gasteiger partial charge in [0.15, 0.2) is 22.8 Å². The van der Waals surface area contributed by atoms with E-state index in [0.29, 0.717) is 40.3 Å². The Balaban J connectivity index is 1.55. The van der Waals surface area contributed by atoms with Crippen LogP contribution in [-0.2, 0) is 19.1 Å². The average Bonchev–Trinajstić information content (AvgIpc) is 3.46. The number of ketones is 2. The Labute approximate surface area is 222 Å². The summed E-state index contributed by atoms with van der Waals surface area (Å²) in [5.41, 5.74) is -0.492. The SMILES string of the molecule is COC(=O)C1(C)NC2=C(C1=O)C1CC(Cl)CN(C(=O)c3cc4cc(OC)c(OC)c(OC)c4[nH]3)C1=CC2=O. The highest BCUT2D eigenvalue weighted by Gasteiger charge is 2.56. The van der Waals surface area contributed by atoms with Gasteiger partial charge in [0.05, 0.1) is 45.0 Å². The van der Waals surface area contributed by atoms with Gasteiger partial charge in [-0.1, -0.05) is 0 Å². The lowest BCUT2D eigenvalue weighted by molar-refractivity contribution is -0.150. The Morgan fingerprint density at radius 1 is 1.08 bits per heavy atom. The molecule has 1 aliphatic carbocycles. The largest absolute Gasteiger partial charge is 0.493 e. The number of rotatable bonds is 5. The molecule has 1 amide bonds. The van der Waals surface area contributed by atoms with Crippen molar-refractivity contribution in [3.8, 4) is 17.2 Å². The maximum absolute atomic E-state index is 13.8. The van der Waals surface area contributed by atoms with Gasteiger partial charge in [-0.2, -0.15) is 0 Å². The van der Waals surface area contributed by atoms with Crippen LogP contribution in [0.2, 0.25) is 0 Å². The van der Waals surface area contributed by atoms with Crippen molar-refractivity contribution in [1.82, 2.24) is 15.2 Å². The van der Waals surface area contributed by atoms with E-state index in [1.165, 1.54) is 46.3 Å². The highest BCUT2D eigenvalue weighted by molar-refractivity contribution is 6.26. The monoisotopic (exact) mass is 543 g/mol. The fourth-order valence-corrected chi connectivity index (χ4v) is 5.75. The molecule has 2 aromatic rings. The summed E-state index contributed by atoms with van der Waals surface area (Å²) in [6, 6.07) is 3.35. The molecular formula is C26H26ClN3O8. The normalized spacial score (nSPS) is 24.5. The molecule has 5 rings (SSSR count). The van der Waals surface area contributed by atoms with E-state index >= 15 is 0 Å². The zero-order valence-corrected chi connectivity index (χ0v) is 22.1. The highest BCUT2D eigenvalue weighted by Crippen LogP contribution is 2.46. The molecule has 11 nitrogen and oxygen atoms in total. The van der Waals surface area contributed by atoms with Gasteiger partial charge in [-0.3, -0.25) is 14.4 Å². The molecule has 1 fully saturated rings. The Bertz CT molecular complexity index is 1470. The van der Waals surface area contributed by atoms with Gasteiger partial charge >= 0.3 is 5.97 Å². The molecule has 1 saturated heterocycles. The summed E-state index contributed by atoms with van der Waals surface area (Å²) in [5, 5.41) is 2.89. The smallest absolute Gasteiger partial charge is 0.339 e. The van der Waals surface area contributed by atoms with Crippen molar-refractivity contribution in [2.75, 3.05) is 35.0 Å². The Morgan fingerprint density at radius 3 is 2.42 bits per heavy atom. The van der Waals surface area contributed by atoms with Crippen LogP contribution in [0.15, 0.2) is 35.2 Å². The Kier molecular flexibility index (Phi) is 6.13. The van der Waals surface area contributed by atoms with Gasteiger partial charge in [0.25, 0.3) is 5.91 Å². The molecule has 200 valence electrons. The van der Waals surface area contributed by atoms with E-state index in [1.54, 1.807) is 12.1 Å². The zero-order chi connectivity index (χ0) is 27.5. The third kappa shape index (κ3) is 3.56. The number of fused-ring (bicyclic) bond motifs is 3. The minimum atomic E-state index is -1.74. The number of alkyl halides is 1. The Morgan fingerprint density at radius 2 is 1.79 bits per heavy atom. The first-order valence-electron chi connectivity index (χ1n) is 11.8. The van der Waals surface area contributed by atoms with E-state index in [1.807, 2.05) is 0 Å². The Hall–Kier alpha value is -3.99. The van der Waals surface area contributed by atoms with Crippen molar-refractivity contribution in [3.05, 3.63) is 40.9 Å². The average molecular weight is 544 g/mol. The number of carbonyl (C=O) groups is 4. The standard InChI is InChI=1S/C26H26ClN3O8/c1-26(25(34)38-5)23(32)18-13-8-12(27)10-30(15(13)9-16(31)20(18)29-26)24(33)14-6-11-7-17(35-2)21(36-3)22(37-4)19(11)28-14/h6-7,9,12-13,28-29H,8,10H2,1-5H3. The van der Waals surface area contributed by atoms with Crippen LogP contribution >= 0.6 is 11.6 Å². The first-order chi connectivity index (χ1) is 18.1. The van der Waals surface area contributed by atoms with E-state index in [9.17, 15) is 19.2 Å². The highest BCUT2D eigenvalue weighted by atomic mass is 35.5. The molecule has 0 saturated carbocycles. The molecule has 0 spiro atoms. The first-order valence-corrected chi connectivity index (χ1v) is 12.2. The van der Waals surface area contributed by atoms with Crippen LogP contribution in [0, 0.1) is 5.92 Å². The van der Waals surface area contributed by atoms with E-state index < -0.39 is 40.3 Å². The molecule has 1 aromatic carbocycles. The lowest BCUT2D eigenvalue weighted by Crippen LogP contribution is -2.52. The number of piperidine rings is 1. The molecule has 3 aliphatic rings. The number of Topliss-reactive ketones (excluding diaryl/α,β-unsaturated/α-hetero) is 1. The number of allylic oxidation sites excluding steroid dienone is 2. The number of nitrogens with zero attached hydrogens (tertiary/aromatic N) is 1. The molecule has 3 unspecified atom stereocenters. The number of hydrogen-bond acceptors (Lipinski definition) is 9. The van der Waals surface area contributed by atoms with Crippen LogP contribution in [-0.4, -0.2) is 79.2 Å². The summed E-state index contributed by atoms with van der Waals surface area (Å²) < 4.78 is 21.2. The number of benzene rings is 1. The van der Waals surface area contributed by atoms with E-state index in [0.717, 1.165) is 0 Å². The van der Waals surface area contributed by atoms with Crippen LogP contribution in [0.25, 0.3) is 10.9 Å². The minimum Gasteiger partial charge on any atom is -0.493 e. The van der Waals surface area contributed by atoms with E-state index in [4.69, 9.17) is 30.5 Å². The molecule has 2 aliphatic heterocycles. The van der Waals surface area contributed by atoms with Crippen molar-refractivity contribution in [2.45, 2.75) is 24.3 Å². The molecule has 3 heterocycles. The summed E-state index contributed by atoms with van der Waals surface area (Å²) in [6.45, 7) is 1.49. The molecule has 12 heteroatoms. The molecule has 2 N–H and O–H groups in total. The van der Waals surface area contributed by atoms with Crippen LogP contribution in [0.4, 0.5) is 0 Å². The second-order valence-corrected chi connectivity index (χ2v) is 10.0. The number of nitrogens with one attached hydrogen (secondary N) is 2. The number of H-pyrrole nitrogens is 1. The number of methoxy groups -OCH3 is 4. The zero-order valence-electron chi connectivity index (χ0n) is 21.4. The fourth-order valence-electron chi connectivity index (χ4n) is 5.43. The predicted molar refractivity (Wildman–Crippen MR) is 135 cm³/mol. The molecule has 38 heavy (non-hydrogen) atoms. The second kappa shape index (κ2) is 9.09. The van der Waals surface area contributed by atoms with Gasteiger partial charge in [0, 0.05) is 35.2 Å². The lowest BCUT2D eigenvalue weighted by Gasteiger charge is -2.39. The number of ether oxygens (including phenoxy) is 4. The number of hydrogen-bond donors (Lipinski definition) is 2. The number of halogens is 1. The fraction of sp³-hybridized carbons (Fsp3) is 0.385. The number of aromatic amines is 1. The maximum atomic E-state index is 13.8. The van der Waals surface area contributed by atoms with Crippen LogP contribution < -0.4 is 19.5 Å². The predicted octanol–water partition coefficient (Wildman–Crippen LogP) is 2.09. The van der Waals surface area contributed by atoms with Crippen LogP contribution in [0.5, 0.6) is 17.2 Å². The van der Waals surface area contributed by atoms with Crippen molar-refractivity contribution in [2.24, 2.45) is 5.92 Å². The van der Waals surface area contributed by atoms with Crippen molar-refractivity contribution < 1.29 is 38.1 Å². The van der Waals surface area contributed by atoms with Gasteiger partial charge < -0.3 is 34.1 Å². The van der Waals surface area contributed by atoms with Gasteiger partial charge in [0.1, 0.15) is 5.69 Å². The molecule has 1 aromatic heterocycles. The summed E-state index contributed by atoms with van der Waals surface area (Å²) in [6.07, 6.45) is 1.63. The van der Waals surface area contributed by atoms with E-state index in [2.05, 4.69) is 10.3 Å². The topological polar surface area (TPSA) is 136 Å². The van der Waals surface area contributed by atoms with Crippen LogP contribution in [0.1, 0.15) is 23.8 Å². The molecule has 0 bridgehead atoms. The third-order valence-electron chi connectivity index (χ3n) is 7.25. The van der Waals surface area contributed by atoms with Crippen LogP contribution in [0.3, 0.4) is 0 Å². The second-order valence-electron chi connectivity index (χ2n) is 9.39. The van der Waals surface area contributed by atoms with E-state index in [-0.39, 0.29) is 23.5 Å². The molecular weight excluding hydrogens is 518 g/mol. The lowest BCUT2D eigenvalue weighted by atomic mass is 9.78. The molecule has 0 radical (unpaired) electrons. The number of aromatic nitrogens is 1. The third-order valence-corrected chi connectivity index (χ3v) is 7.56. The number of amides is 1. The number of esters is 1.